The van der Waals surface area contributed by atoms with Crippen LogP contribution in [0.25, 0.3) is 0 Å². The van der Waals surface area contributed by atoms with Crippen molar-refractivity contribution in [1.82, 2.24) is 10.2 Å². The van der Waals surface area contributed by atoms with E-state index in [-0.39, 0.29) is 17.1 Å². The molecule has 2 N–H and O–H groups in total. The highest BCUT2D eigenvalue weighted by atomic mass is 16.3. The lowest BCUT2D eigenvalue weighted by atomic mass is 9.72. The summed E-state index contributed by atoms with van der Waals surface area (Å²) in [6.07, 6.45) is 3.10. The predicted octanol–water partition coefficient (Wildman–Crippen LogP) is 4.40. The number of phenolic OH excluding ortho intramolecular Hbond substituents is 1. The van der Waals surface area contributed by atoms with Crippen LogP contribution in [0.5, 0.6) is 5.75 Å². The number of rotatable bonds is 7. The Labute approximate surface area is 184 Å². The molecule has 0 unspecified atom stereocenters. The second kappa shape index (κ2) is 9.80. The van der Waals surface area contributed by atoms with Crippen molar-refractivity contribution in [2.75, 3.05) is 26.2 Å². The number of nitrogens with zero attached hydrogens (tertiary/aromatic N) is 1. The SMILES string of the molecule is O=C(NCC1(c2ccccc2)CCN(CCc2ccccc2)CC1)c1ccc(O)cc1. The van der Waals surface area contributed by atoms with E-state index < -0.39 is 0 Å². The van der Waals surface area contributed by atoms with Gasteiger partial charge in [0.25, 0.3) is 5.91 Å². The van der Waals surface area contributed by atoms with Crippen LogP contribution < -0.4 is 5.32 Å². The first-order valence-electron chi connectivity index (χ1n) is 11.0. The predicted molar refractivity (Wildman–Crippen MR) is 124 cm³/mol. The van der Waals surface area contributed by atoms with Gasteiger partial charge < -0.3 is 15.3 Å². The number of carbonyl (C=O) groups excluding carboxylic acids is 1. The molecule has 4 heteroatoms. The molecule has 0 saturated carbocycles. The van der Waals surface area contributed by atoms with Gasteiger partial charge in [-0.2, -0.15) is 0 Å². The summed E-state index contributed by atoms with van der Waals surface area (Å²) in [5.74, 6) is 0.0713. The van der Waals surface area contributed by atoms with Crippen molar-refractivity contribution in [3.63, 3.8) is 0 Å². The fourth-order valence-corrected chi connectivity index (χ4v) is 4.46. The second-order valence-electron chi connectivity index (χ2n) is 8.45. The molecule has 1 heterocycles. The maximum absolute atomic E-state index is 12.7. The lowest BCUT2D eigenvalue weighted by Crippen LogP contribution is -2.49. The van der Waals surface area contributed by atoms with Gasteiger partial charge in [0.15, 0.2) is 0 Å². The van der Waals surface area contributed by atoms with Crippen LogP contribution in [0.2, 0.25) is 0 Å². The molecule has 0 atom stereocenters. The van der Waals surface area contributed by atoms with E-state index >= 15 is 0 Å². The number of aromatic hydroxyl groups is 1. The van der Waals surface area contributed by atoms with Crippen molar-refractivity contribution < 1.29 is 9.90 Å². The first-order valence-corrected chi connectivity index (χ1v) is 11.0. The molecular formula is C27H30N2O2. The van der Waals surface area contributed by atoms with Gasteiger partial charge in [0, 0.05) is 24.1 Å². The monoisotopic (exact) mass is 414 g/mol. The van der Waals surface area contributed by atoms with Gasteiger partial charge in [-0.3, -0.25) is 4.79 Å². The van der Waals surface area contributed by atoms with Gasteiger partial charge in [-0.15, -0.1) is 0 Å². The standard InChI is InChI=1S/C27H30N2O2/c30-25-13-11-23(12-14-25)26(31)28-21-27(24-9-5-2-6-10-24)16-19-29(20-17-27)18-15-22-7-3-1-4-8-22/h1-14,30H,15-21H2,(H,28,31). The highest BCUT2D eigenvalue weighted by molar-refractivity contribution is 5.94. The molecule has 1 aliphatic heterocycles. The Morgan fingerprint density at radius 1 is 0.871 bits per heavy atom. The molecule has 0 aromatic heterocycles. The maximum atomic E-state index is 12.7. The van der Waals surface area contributed by atoms with E-state index in [2.05, 4.69) is 64.8 Å². The Morgan fingerprint density at radius 2 is 1.48 bits per heavy atom. The molecular weight excluding hydrogens is 384 g/mol. The molecule has 0 bridgehead atoms. The van der Waals surface area contributed by atoms with Gasteiger partial charge in [0.2, 0.25) is 0 Å². The number of benzene rings is 3. The summed E-state index contributed by atoms with van der Waals surface area (Å²) in [6.45, 7) is 3.73. The van der Waals surface area contributed by atoms with Gasteiger partial charge in [-0.25, -0.2) is 0 Å². The fraction of sp³-hybridized carbons (Fsp3) is 0.296. The van der Waals surface area contributed by atoms with Crippen LogP contribution >= 0.6 is 0 Å². The molecule has 4 nitrogen and oxygen atoms in total. The third kappa shape index (κ3) is 5.33. The zero-order valence-corrected chi connectivity index (χ0v) is 17.8. The number of hydrogen-bond donors (Lipinski definition) is 2. The molecule has 4 rings (SSSR count). The largest absolute Gasteiger partial charge is 0.508 e. The molecule has 1 fully saturated rings. The first-order chi connectivity index (χ1) is 15.1. The minimum atomic E-state index is -0.0955. The summed E-state index contributed by atoms with van der Waals surface area (Å²) in [5.41, 5.74) is 3.19. The van der Waals surface area contributed by atoms with Crippen LogP contribution in [-0.2, 0) is 11.8 Å². The fourth-order valence-electron chi connectivity index (χ4n) is 4.46. The summed E-state index contributed by atoms with van der Waals surface area (Å²) < 4.78 is 0. The molecule has 31 heavy (non-hydrogen) atoms. The zero-order valence-electron chi connectivity index (χ0n) is 17.8. The van der Waals surface area contributed by atoms with E-state index in [9.17, 15) is 9.90 Å². The molecule has 1 aliphatic rings. The third-order valence-corrected chi connectivity index (χ3v) is 6.48. The van der Waals surface area contributed by atoms with Crippen molar-refractivity contribution >= 4 is 5.91 Å². The van der Waals surface area contributed by atoms with E-state index in [1.807, 2.05) is 6.07 Å². The van der Waals surface area contributed by atoms with E-state index in [4.69, 9.17) is 0 Å². The lowest BCUT2D eigenvalue weighted by Gasteiger charge is -2.42. The van der Waals surface area contributed by atoms with Crippen LogP contribution in [0.15, 0.2) is 84.9 Å². The Bertz CT molecular complexity index is 963. The van der Waals surface area contributed by atoms with E-state index in [0.717, 1.165) is 38.9 Å². The van der Waals surface area contributed by atoms with E-state index in [0.29, 0.717) is 12.1 Å². The summed E-state index contributed by atoms with van der Waals surface area (Å²) >= 11 is 0. The zero-order chi connectivity index (χ0) is 21.5. The molecule has 1 saturated heterocycles. The number of carbonyl (C=O) groups is 1. The van der Waals surface area contributed by atoms with Crippen molar-refractivity contribution in [3.05, 3.63) is 102 Å². The van der Waals surface area contributed by atoms with Crippen molar-refractivity contribution in [3.8, 4) is 5.75 Å². The van der Waals surface area contributed by atoms with Gasteiger partial charge in [-0.1, -0.05) is 60.7 Å². The minimum Gasteiger partial charge on any atom is -0.508 e. The summed E-state index contributed by atoms with van der Waals surface area (Å²) in [7, 11) is 0. The summed E-state index contributed by atoms with van der Waals surface area (Å²) in [5, 5.41) is 12.6. The topological polar surface area (TPSA) is 52.6 Å². The normalized spacial score (nSPS) is 16.0. The number of hydrogen-bond acceptors (Lipinski definition) is 3. The quantitative estimate of drug-likeness (QED) is 0.603. The number of nitrogens with one attached hydrogen (secondary N) is 1. The molecule has 160 valence electrons. The highest BCUT2D eigenvalue weighted by Gasteiger charge is 2.36. The summed E-state index contributed by atoms with van der Waals surface area (Å²) in [6, 6.07) is 27.6. The van der Waals surface area contributed by atoms with Crippen molar-refractivity contribution in [2.45, 2.75) is 24.7 Å². The Balaban J connectivity index is 1.41. The van der Waals surface area contributed by atoms with Crippen LogP contribution in [0, 0.1) is 0 Å². The van der Waals surface area contributed by atoms with Gasteiger partial charge in [-0.05, 0) is 67.7 Å². The smallest absolute Gasteiger partial charge is 0.251 e. The van der Waals surface area contributed by atoms with Crippen molar-refractivity contribution in [2.24, 2.45) is 0 Å². The molecule has 0 radical (unpaired) electrons. The first kappa shape index (κ1) is 21.1. The van der Waals surface area contributed by atoms with E-state index in [1.165, 1.54) is 11.1 Å². The second-order valence-corrected chi connectivity index (χ2v) is 8.45. The molecule has 0 spiro atoms. The van der Waals surface area contributed by atoms with Crippen molar-refractivity contribution in [1.29, 1.82) is 0 Å². The Kier molecular flexibility index (Phi) is 6.68. The Morgan fingerprint density at radius 3 is 2.13 bits per heavy atom. The Hall–Kier alpha value is -3.11. The third-order valence-electron chi connectivity index (χ3n) is 6.48. The maximum Gasteiger partial charge on any atom is 0.251 e. The molecule has 3 aromatic carbocycles. The molecule has 1 amide bonds. The van der Waals surface area contributed by atoms with Gasteiger partial charge in [0.1, 0.15) is 5.75 Å². The van der Waals surface area contributed by atoms with Crippen LogP contribution in [0.4, 0.5) is 0 Å². The highest BCUT2D eigenvalue weighted by Crippen LogP contribution is 2.35. The molecule has 3 aromatic rings. The lowest BCUT2D eigenvalue weighted by molar-refractivity contribution is 0.0922. The van der Waals surface area contributed by atoms with Crippen LogP contribution in [0.1, 0.15) is 34.3 Å². The van der Waals surface area contributed by atoms with Crippen LogP contribution in [-0.4, -0.2) is 42.1 Å². The van der Waals surface area contributed by atoms with Crippen LogP contribution in [0.3, 0.4) is 0 Å². The average molecular weight is 415 g/mol. The molecule has 0 aliphatic carbocycles. The number of amides is 1. The number of piperidine rings is 1. The summed E-state index contributed by atoms with van der Waals surface area (Å²) in [4.78, 5) is 15.2. The average Bonchev–Trinajstić information content (AvgIpc) is 2.83. The van der Waals surface area contributed by atoms with E-state index in [1.54, 1.807) is 24.3 Å². The number of likely N-dealkylation sites (tertiary alicyclic amines) is 1. The van der Waals surface area contributed by atoms with Gasteiger partial charge in [0.05, 0.1) is 0 Å². The minimum absolute atomic E-state index is 0.0584. The number of phenols is 1. The van der Waals surface area contributed by atoms with Gasteiger partial charge >= 0.3 is 0 Å².